The number of amides is 1. The molecular formula is C27H32N2O5. The van der Waals surface area contributed by atoms with Crippen molar-refractivity contribution >= 4 is 23.1 Å². The summed E-state index contributed by atoms with van der Waals surface area (Å²) in [6.07, 6.45) is 2.72. The van der Waals surface area contributed by atoms with Gasteiger partial charge in [0.2, 0.25) is 0 Å². The molecule has 0 aliphatic carbocycles. The first-order valence-corrected chi connectivity index (χ1v) is 12.0. The van der Waals surface area contributed by atoms with E-state index in [0.717, 1.165) is 42.1 Å². The van der Waals surface area contributed by atoms with Gasteiger partial charge in [-0.1, -0.05) is 32.4 Å². The molecule has 1 N–H and O–H groups in total. The molecular weight excluding hydrogens is 432 g/mol. The predicted molar refractivity (Wildman–Crippen MR) is 131 cm³/mol. The lowest BCUT2D eigenvalue weighted by atomic mass is 9.95. The maximum Gasteiger partial charge on any atom is 0.295 e. The lowest BCUT2D eigenvalue weighted by molar-refractivity contribution is -0.139. The summed E-state index contributed by atoms with van der Waals surface area (Å²) in [6.45, 7) is 6.44. The van der Waals surface area contributed by atoms with Crippen molar-refractivity contribution in [2.24, 2.45) is 0 Å². The normalized spacial score (nSPS) is 19.2. The molecule has 2 aromatic rings. The van der Waals surface area contributed by atoms with Gasteiger partial charge in [-0.15, -0.1) is 0 Å². The van der Waals surface area contributed by atoms with Crippen molar-refractivity contribution in [2.45, 2.75) is 39.2 Å². The lowest BCUT2D eigenvalue weighted by Crippen LogP contribution is -2.30. The SMILES string of the molecule is CCCCOc1ccc(C2/C(=C(/O)c3ccc4c(c3)N(C)CCO4)C(=O)C(=O)N2CCC)cc1. The number of hydrogen-bond acceptors (Lipinski definition) is 6. The minimum absolute atomic E-state index is 0.109. The quantitative estimate of drug-likeness (QED) is 0.268. The van der Waals surface area contributed by atoms with Crippen LogP contribution in [-0.4, -0.2) is 55.0 Å². The Morgan fingerprint density at radius 1 is 1.12 bits per heavy atom. The summed E-state index contributed by atoms with van der Waals surface area (Å²) in [5, 5.41) is 11.3. The fourth-order valence-corrected chi connectivity index (χ4v) is 4.43. The van der Waals surface area contributed by atoms with Gasteiger partial charge in [0.25, 0.3) is 11.7 Å². The summed E-state index contributed by atoms with van der Waals surface area (Å²) in [4.78, 5) is 29.6. The van der Waals surface area contributed by atoms with Gasteiger partial charge in [0.05, 0.1) is 30.5 Å². The Labute approximate surface area is 200 Å². The number of nitrogens with zero attached hydrogens (tertiary/aromatic N) is 2. The largest absolute Gasteiger partial charge is 0.507 e. The van der Waals surface area contributed by atoms with Crippen LogP contribution in [0.2, 0.25) is 0 Å². The summed E-state index contributed by atoms with van der Waals surface area (Å²) < 4.78 is 11.5. The second-order valence-electron chi connectivity index (χ2n) is 8.72. The molecule has 7 nitrogen and oxygen atoms in total. The summed E-state index contributed by atoms with van der Waals surface area (Å²) in [5.74, 6) is 0.0398. The van der Waals surface area contributed by atoms with Gasteiger partial charge in [0, 0.05) is 19.2 Å². The monoisotopic (exact) mass is 464 g/mol. The van der Waals surface area contributed by atoms with Crippen molar-refractivity contribution in [3.8, 4) is 11.5 Å². The second-order valence-corrected chi connectivity index (χ2v) is 8.72. The number of carbonyl (C=O) groups is 2. The smallest absolute Gasteiger partial charge is 0.295 e. The molecule has 7 heteroatoms. The number of ether oxygens (including phenoxy) is 2. The number of benzene rings is 2. The zero-order valence-corrected chi connectivity index (χ0v) is 20.0. The molecule has 1 amide bonds. The first-order valence-electron chi connectivity index (χ1n) is 12.0. The highest BCUT2D eigenvalue weighted by molar-refractivity contribution is 6.46. The van der Waals surface area contributed by atoms with E-state index in [2.05, 4.69) is 6.92 Å². The van der Waals surface area contributed by atoms with Crippen LogP contribution in [-0.2, 0) is 9.59 Å². The average molecular weight is 465 g/mol. The molecule has 0 radical (unpaired) electrons. The third kappa shape index (κ3) is 4.47. The Kier molecular flexibility index (Phi) is 7.10. The molecule has 34 heavy (non-hydrogen) atoms. The zero-order valence-electron chi connectivity index (χ0n) is 20.0. The van der Waals surface area contributed by atoms with Gasteiger partial charge in [-0.05, 0) is 48.7 Å². The Balaban J connectivity index is 1.75. The number of unbranched alkanes of at least 4 members (excludes halogenated alkanes) is 1. The van der Waals surface area contributed by atoms with Gasteiger partial charge in [-0.25, -0.2) is 0 Å². The first kappa shape index (κ1) is 23.7. The second kappa shape index (κ2) is 10.2. The highest BCUT2D eigenvalue weighted by Crippen LogP contribution is 2.41. The third-order valence-electron chi connectivity index (χ3n) is 6.29. The summed E-state index contributed by atoms with van der Waals surface area (Å²) in [5.41, 5.74) is 2.19. The topological polar surface area (TPSA) is 79.3 Å². The number of rotatable bonds is 8. The number of aliphatic hydroxyl groups excluding tert-OH is 1. The standard InChI is InChI=1S/C27H32N2O5/c1-4-6-15-33-20-10-7-18(8-11-20)24-23(26(31)27(32)29(24)13-5-2)25(30)19-9-12-22-21(17-19)28(3)14-16-34-22/h7-12,17,24,30H,4-6,13-16H2,1-3H3/b25-23-. The maximum absolute atomic E-state index is 13.1. The lowest BCUT2D eigenvalue weighted by Gasteiger charge is -2.28. The Morgan fingerprint density at radius 2 is 1.88 bits per heavy atom. The molecule has 1 fully saturated rings. The van der Waals surface area contributed by atoms with Gasteiger partial charge < -0.3 is 24.4 Å². The van der Waals surface area contributed by atoms with Crippen LogP contribution in [0.4, 0.5) is 5.69 Å². The average Bonchev–Trinajstić information content (AvgIpc) is 3.09. The fourth-order valence-electron chi connectivity index (χ4n) is 4.43. The van der Waals surface area contributed by atoms with Gasteiger partial charge in [0.1, 0.15) is 23.9 Å². The number of hydrogen-bond donors (Lipinski definition) is 1. The van der Waals surface area contributed by atoms with Crippen LogP contribution in [0.5, 0.6) is 11.5 Å². The van der Waals surface area contributed by atoms with Gasteiger partial charge >= 0.3 is 0 Å². The molecule has 1 atom stereocenters. The van der Waals surface area contributed by atoms with Crippen LogP contribution in [0.15, 0.2) is 48.0 Å². The summed E-state index contributed by atoms with van der Waals surface area (Å²) in [7, 11) is 1.95. The molecule has 2 aliphatic heterocycles. The van der Waals surface area contributed by atoms with E-state index in [-0.39, 0.29) is 11.3 Å². The number of carbonyl (C=O) groups excluding carboxylic acids is 2. The predicted octanol–water partition coefficient (Wildman–Crippen LogP) is 4.53. The number of Topliss-reactive ketones (excluding diaryl/α,β-unsaturated/α-hetero) is 1. The van der Waals surface area contributed by atoms with Crippen molar-refractivity contribution in [3.05, 3.63) is 59.2 Å². The van der Waals surface area contributed by atoms with E-state index in [0.29, 0.717) is 31.7 Å². The molecule has 0 spiro atoms. The number of likely N-dealkylation sites (N-methyl/N-ethyl adjacent to an activating group) is 1. The van der Waals surface area contributed by atoms with Gasteiger partial charge in [0.15, 0.2) is 0 Å². The molecule has 180 valence electrons. The highest BCUT2D eigenvalue weighted by Gasteiger charge is 2.45. The molecule has 4 rings (SSSR count). The zero-order chi connectivity index (χ0) is 24.2. The first-order chi connectivity index (χ1) is 16.5. The van der Waals surface area contributed by atoms with E-state index >= 15 is 0 Å². The third-order valence-corrected chi connectivity index (χ3v) is 6.29. The summed E-state index contributed by atoms with van der Waals surface area (Å²) >= 11 is 0. The molecule has 2 heterocycles. The van der Waals surface area contributed by atoms with Crippen molar-refractivity contribution in [2.75, 3.05) is 38.3 Å². The van der Waals surface area contributed by atoms with Crippen molar-refractivity contribution < 1.29 is 24.2 Å². The van der Waals surface area contributed by atoms with Gasteiger partial charge in [-0.2, -0.15) is 0 Å². The Morgan fingerprint density at radius 3 is 2.59 bits per heavy atom. The minimum atomic E-state index is -0.665. The molecule has 1 saturated heterocycles. The van der Waals surface area contributed by atoms with E-state index in [1.54, 1.807) is 23.1 Å². The summed E-state index contributed by atoms with van der Waals surface area (Å²) in [6, 6.07) is 12.1. The number of fused-ring (bicyclic) bond motifs is 1. The maximum atomic E-state index is 13.1. The van der Waals surface area contributed by atoms with Crippen LogP contribution in [0.25, 0.3) is 5.76 Å². The molecule has 2 aliphatic rings. The molecule has 2 aromatic carbocycles. The molecule has 1 unspecified atom stereocenters. The molecule has 0 bridgehead atoms. The van der Waals surface area contributed by atoms with Crippen LogP contribution >= 0.6 is 0 Å². The van der Waals surface area contributed by atoms with Crippen molar-refractivity contribution in [1.29, 1.82) is 0 Å². The van der Waals surface area contributed by atoms with E-state index in [4.69, 9.17) is 9.47 Å². The van der Waals surface area contributed by atoms with Crippen LogP contribution in [0, 0.1) is 0 Å². The molecule has 0 saturated carbocycles. The van der Waals surface area contributed by atoms with Gasteiger partial charge in [-0.3, -0.25) is 9.59 Å². The Bertz CT molecular complexity index is 1090. The van der Waals surface area contributed by atoms with Crippen LogP contribution in [0.1, 0.15) is 50.3 Å². The Hall–Kier alpha value is -3.48. The fraction of sp³-hybridized carbons (Fsp3) is 0.407. The number of likely N-dealkylation sites (tertiary alicyclic amines) is 1. The molecule has 0 aromatic heterocycles. The minimum Gasteiger partial charge on any atom is -0.507 e. The van der Waals surface area contributed by atoms with E-state index in [1.165, 1.54) is 0 Å². The highest BCUT2D eigenvalue weighted by atomic mass is 16.5. The van der Waals surface area contributed by atoms with Crippen molar-refractivity contribution in [3.63, 3.8) is 0 Å². The van der Waals surface area contributed by atoms with E-state index < -0.39 is 17.7 Å². The number of anilines is 1. The number of aliphatic hydroxyl groups is 1. The number of ketones is 1. The van der Waals surface area contributed by atoms with E-state index in [1.807, 2.05) is 43.1 Å². The van der Waals surface area contributed by atoms with Crippen LogP contribution < -0.4 is 14.4 Å². The van der Waals surface area contributed by atoms with E-state index in [9.17, 15) is 14.7 Å². The van der Waals surface area contributed by atoms with Crippen LogP contribution in [0.3, 0.4) is 0 Å². The van der Waals surface area contributed by atoms with Crippen molar-refractivity contribution in [1.82, 2.24) is 4.90 Å².